The predicted molar refractivity (Wildman–Crippen MR) is 137 cm³/mol. The van der Waals surface area contributed by atoms with Crippen LogP contribution in [-0.4, -0.2) is 81.0 Å². The number of likely N-dealkylation sites (N-methyl/N-ethyl adjacent to an activating group) is 1. The van der Waals surface area contributed by atoms with E-state index in [9.17, 15) is 18.8 Å². The maximum absolute atomic E-state index is 14.9. The molecule has 2 N–H and O–H groups in total. The molecule has 2 aliphatic rings. The lowest BCUT2D eigenvalue weighted by Crippen LogP contribution is -2.50. The average molecular weight is 539 g/mol. The number of nitrogens with two attached hydrogens (primary N) is 1. The summed E-state index contributed by atoms with van der Waals surface area (Å²) in [6, 6.07) is 7.17. The lowest BCUT2D eigenvalue weighted by molar-refractivity contribution is -0.136. The van der Waals surface area contributed by atoms with Gasteiger partial charge in [0, 0.05) is 37.0 Å². The number of aromatic nitrogens is 4. The topological polar surface area (TPSA) is 131 Å². The van der Waals surface area contributed by atoms with Crippen molar-refractivity contribution in [3.63, 3.8) is 0 Å². The summed E-state index contributed by atoms with van der Waals surface area (Å²) < 4.78 is 16.2. The molecule has 0 saturated carbocycles. The molecule has 2 aromatic carbocycles. The summed E-state index contributed by atoms with van der Waals surface area (Å²) >= 11 is 5.97. The molecule has 0 radical (unpaired) electrons. The second-order valence-corrected chi connectivity index (χ2v) is 9.50. The molecule has 1 atom stereocenters. The zero-order valence-electron chi connectivity index (χ0n) is 20.4. The van der Waals surface area contributed by atoms with Crippen molar-refractivity contribution in [2.45, 2.75) is 12.5 Å². The molecule has 38 heavy (non-hydrogen) atoms. The van der Waals surface area contributed by atoms with E-state index in [1.807, 2.05) is 18.0 Å². The van der Waals surface area contributed by atoms with Crippen LogP contribution in [0, 0.1) is 5.82 Å². The normalized spacial score (nSPS) is 18.2. The summed E-state index contributed by atoms with van der Waals surface area (Å²) in [5.74, 6) is -2.03. The number of tetrazole rings is 1. The van der Waals surface area contributed by atoms with Gasteiger partial charge in [-0.05, 0) is 59.3 Å². The maximum atomic E-state index is 14.9. The minimum Gasteiger partial charge on any atom is -0.368 e. The molecule has 3 heterocycles. The van der Waals surface area contributed by atoms with Crippen LogP contribution in [0.3, 0.4) is 0 Å². The largest absolute Gasteiger partial charge is 0.368 e. The number of benzene rings is 2. The summed E-state index contributed by atoms with van der Waals surface area (Å²) in [6.07, 6.45) is 4.13. The van der Waals surface area contributed by atoms with Crippen molar-refractivity contribution in [2.24, 2.45) is 5.73 Å². The van der Waals surface area contributed by atoms with Gasteiger partial charge < -0.3 is 15.5 Å². The number of piperazine rings is 1. The minimum absolute atomic E-state index is 0.00190. The molecule has 0 spiro atoms. The van der Waals surface area contributed by atoms with Crippen LogP contribution in [0.15, 0.2) is 42.7 Å². The highest BCUT2D eigenvalue weighted by molar-refractivity contribution is 6.31. The zero-order valence-corrected chi connectivity index (χ0v) is 21.2. The molecular weight excluding hydrogens is 515 g/mol. The first kappa shape index (κ1) is 25.5. The molecule has 13 heteroatoms. The van der Waals surface area contributed by atoms with Crippen molar-refractivity contribution in [1.82, 2.24) is 30.0 Å². The summed E-state index contributed by atoms with van der Waals surface area (Å²) in [6.45, 7) is 1.72. The fourth-order valence-electron chi connectivity index (χ4n) is 4.93. The van der Waals surface area contributed by atoms with Gasteiger partial charge in [-0.3, -0.25) is 19.3 Å². The molecule has 3 amide bonds. The number of hydrogen-bond donors (Lipinski definition) is 1. The number of anilines is 1. The third kappa shape index (κ3) is 4.63. The number of amides is 3. The van der Waals surface area contributed by atoms with Crippen molar-refractivity contribution in [3.05, 3.63) is 70.3 Å². The van der Waals surface area contributed by atoms with Gasteiger partial charge in [-0.1, -0.05) is 23.7 Å². The summed E-state index contributed by atoms with van der Waals surface area (Å²) in [7, 11) is 1.89. The van der Waals surface area contributed by atoms with Crippen LogP contribution < -0.4 is 10.6 Å². The van der Waals surface area contributed by atoms with E-state index >= 15 is 0 Å². The van der Waals surface area contributed by atoms with Crippen molar-refractivity contribution in [3.8, 4) is 5.69 Å². The Morgan fingerprint density at radius 2 is 1.97 bits per heavy atom. The Labute approximate surface area is 222 Å². The number of fused-ring (bicyclic) bond motifs is 1. The van der Waals surface area contributed by atoms with E-state index in [-0.39, 0.29) is 28.7 Å². The van der Waals surface area contributed by atoms with E-state index in [0.29, 0.717) is 25.1 Å². The zero-order chi connectivity index (χ0) is 27.0. The second-order valence-electron chi connectivity index (χ2n) is 9.10. The third-order valence-electron chi connectivity index (χ3n) is 6.75. The van der Waals surface area contributed by atoms with E-state index in [2.05, 4.69) is 15.5 Å². The predicted octanol–water partition coefficient (Wildman–Crippen LogP) is 1.36. The average Bonchev–Trinajstić information content (AvgIpc) is 3.43. The summed E-state index contributed by atoms with van der Waals surface area (Å²) in [4.78, 5) is 43.7. The monoisotopic (exact) mass is 538 g/mol. The molecule has 1 saturated heterocycles. The van der Waals surface area contributed by atoms with Crippen molar-refractivity contribution in [2.75, 3.05) is 38.1 Å². The van der Waals surface area contributed by atoms with Crippen molar-refractivity contribution < 1.29 is 18.8 Å². The van der Waals surface area contributed by atoms with E-state index < -0.39 is 23.7 Å². The van der Waals surface area contributed by atoms with E-state index in [4.69, 9.17) is 17.3 Å². The van der Waals surface area contributed by atoms with Gasteiger partial charge in [-0.2, -0.15) is 4.68 Å². The number of carbonyl (C=O) groups excluding carboxylic acids is 3. The first-order valence-corrected chi connectivity index (χ1v) is 12.2. The molecule has 0 bridgehead atoms. The molecular formula is C25H24ClFN8O3. The number of rotatable bonds is 5. The van der Waals surface area contributed by atoms with Crippen LogP contribution in [0.4, 0.5) is 10.1 Å². The Morgan fingerprint density at radius 1 is 1.16 bits per heavy atom. The highest BCUT2D eigenvalue weighted by Gasteiger charge is 2.36. The quantitative estimate of drug-likeness (QED) is 0.485. The van der Waals surface area contributed by atoms with Gasteiger partial charge in [0.2, 0.25) is 17.7 Å². The van der Waals surface area contributed by atoms with Gasteiger partial charge >= 0.3 is 0 Å². The molecule has 1 unspecified atom stereocenters. The standard InChI is InChI=1S/C25H24ClFN8O3/c1-32-11-12-33(22(37)13-32)19-4-2-3-16-15(19)9-10-34(24(16)25(28)38)21(36)8-5-17-20(35-14-29-30-31-35)7-6-18(26)23(17)27/h2-8,14,24H,9-13H2,1H3,(H2,28,38). The Hall–Kier alpha value is -4.16. The lowest BCUT2D eigenvalue weighted by atomic mass is 9.90. The summed E-state index contributed by atoms with van der Waals surface area (Å²) in [5.41, 5.74) is 8.16. The molecule has 196 valence electrons. The Balaban J connectivity index is 1.46. The van der Waals surface area contributed by atoms with Gasteiger partial charge in [0.1, 0.15) is 12.4 Å². The first-order chi connectivity index (χ1) is 18.3. The van der Waals surface area contributed by atoms with Crippen LogP contribution in [0.5, 0.6) is 0 Å². The molecule has 1 aromatic heterocycles. The van der Waals surface area contributed by atoms with E-state index in [1.54, 1.807) is 17.0 Å². The highest BCUT2D eigenvalue weighted by Crippen LogP contribution is 2.36. The number of nitrogens with zero attached hydrogens (tertiary/aromatic N) is 7. The van der Waals surface area contributed by atoms with Gasteiger partial charge in [-0.15, -0.1) is 5.10 Å². The minimum atomic E-state index is -1.05. The van der Waals surface area contributed by atoms with E-state index in [1.165, 1.54) is 34.1 Å². The number of hydrogen-bond acceptors (Lipinski definition) is 7. The van der Waals surface area contributed by atoms with E-state index in [0.717, 1.165) is 23.9 Å². The molecule has 1 fully saturated rings. The SMILES string of the molecule is CN1CCN(c2cccc3c2CCN(C(=O)C=Cc2c(-n4cnnn4)ccc(Cl)c2F)C3C(N)=O)C(=O)C1. The smallest absolute Gasteiger partial charge is 0.247 e. The Morgan fingerprint density at radius 3 is 2.68 bits per heavy atom. The Bertz CT molecular complexity index is 1440. The second kappa shape index (κ2) is 10.3. The van der Waals surface area contributed by atoms with Crippen molar-refractivity contribution in [1.29, 1.82) is 0 Å². The van der Waals surface area contributed by atoms with Gasteiger partial charge in [0.05, 0.1) is 17.3 Å². The fraction of sp³-hybridized carbons (Fsp3) is 0.280. The van der Waals surface area contributed by atoms with Crippen LogP contribution in [0.25, 0.3) is 11.8 Å². The molecule has 0 aliphatic carbocycles. The van der Waals surface area contributed by atoms with Gasteiger partial charge in [0.15, 0.2) is 5.82 Å². The van der Waals surface area contributed by atoms with Crippen LogP contribution in [0.1, 0.15) is 22.7 Å². The number of halogens is 2. The van der Waals surface area contributed by atoms with Crippen LogP contribution >= 0.6 is 11.6 Å². The Kier molecular flexibility index (Phi) is 6.91. The lowest BCUT2D eigenvalue weighted by Gasteiger charge is -2.39. The van der Waals surface area contributed by atoms with Gasteiger partial charge in [-0.25, -0.2) is 4.39 Å². The summed E-state index contributed by atoms with van der Waals surface area (Å²) in [5, 5.41) is 10.8. The molecule has 5 rings (SSSR count). The number of carbonyl (C=O) groups is 3. The molecule has 2 aliphatic heterocycles. The first-order valence-electron chi connectivity index (χ1n) is 11.9. The molecule has 11 nitrogen and oxygen atoms in total. The third-order valence-corrected chi connectivity index (χ3v) is 7.04. The highest BCUT2D eigenvalue weighted by atomic mass is 35.5. The van der Waals surface area contributed by atoms with Gasteiger partial charge in [0.25, 0.3) is 0 Å². The van der Waals surface area contributed by atoms with Crippen LogP contribution in [0.2, 0.25) is 5.02 Å². The number of primary amides is 1. The van der Waals surface area contributed by atoms with Crippen molar-refractivity contribution >= 4 is 41.1 Å². The van der Waals surface area contributed by atoms with Crippen LogP contribution in [-0.2, 0) is 20.8 Å². The fourth-order valence-corrected chi connectivity index (χ4v) is 5.09. The maximum Gasteiger partial charge on any atom is 0.247 e. The molecule has 3 aromatic rings.